The quantitative estimate of drug-likeness (QED) is 0.159. The summed E-state index contributed by atoms with van der Waals surface area (Å²) >= 11 is 5.96. The van der Waals surface area contributed by atoms with Crippen molar-refractivity contribution in [3.8, 4) is 11.3 Å². The lowest BCUT2D eigenvalue weighted by Gasteiger charge is -2.39. The van der Waals surface area contributed by atoms with Crippen molar-refractivity contribution in [2.24, 2.45) is 0 Å². The number of nitrogens with one attached hydrogen (secondary N) is 1. The number of aromatic nitrogens is 3. The van der Waals surface area contributed by atoms with E-state index < -0.39 is 49.0 Å². The highest BCUT2D eigenvalue weighted by atomic mass is 35.5. The highest BCUT2D eigenvalue weighted by Crippen LogP contribution is 2.47. The first-order valence-electron chi connectivity index (χ1n) is 14.1. The van der Waals surface area contributed by atoms with Crippen molar-refractivity contribution in [2.75, 3.05) is 5.73 Å². The zero-order valence-electron chi connectivity index (χ0n) is 24.8. The number of nitrogens with two attached hydrogens (primary N) is 1. The van der Waals surface area contributed by atoms with Gasteiger partial charge >= 0.3 is 6.18 Å². The van der Waals surface area contributed by atoms with Crippen LogP contribution in [0.3, 0.4) is 0 Å². The van der Waals surface area contributed by atoms with Gasteiger partial charge in [-0.05, 0) is 61.2 Å². The Bertz CT molecular complexity index is 1630. The maximum atomic E-state index is 15.8. The van der Waals surface area contributed by atoms with Crippen molar-refractivity contribution in [3.05, 3.63) is 70.4 Å². The summed E-state index contributed by atoms with van der Waals surface area (Å²) in [6.07, 6.45) is -2.26. The molecule has 0 bridgehead atoms. The second kappa shape index (κ2) is 11.3. The number of hydrogen-bond acceptors (Lipinski definition) is 5. The third-order valence-electron chi connectivity index (χ3n) is 8.84. The van der Waals surface area contributed by atoms with Crippen LogP contribution in [0.25, 0.3) is 16.8 Å². The summed E-state index contributed by atoms with van der Waals surface area (Å²) in [5.74, 6) is -1.88. The van der Waals surface area contributed by atoms with Crippen molar-refractivity contribution in [1.29, 1.82) is 0 Å². The number of aromatic amines is 1. The van der Waals surface area contributed by atoms with Crippen LogP contribution in [0.2, 0.25) is 23.2 Å². The highest BCUT2D eigenvalue weighted by molar-refractivity contribution is 6.74. The summed E-state index contributed by atoms with van der Waals surface area (Å²) in [7, 11) is -2.98. The van der Waals surface area contributed by atoms with Gasteiger partial charge in [0, 0.05) is 35.1 Å². The van der Waals surface area contributed by atoms with Crippen LogP contribution < -0.4 is 5.73 Å². The zero-order valence-corrected chi connectivity index (χ0v) is 26.6. The lowest BCUT2D eigenvalue weighted by atomic mass is 9.92. The number of rotatable bonds is 6. The van der Waals surface area contributed by atoms with Crippen LogP contribution in [0.1, 0.15) is 69.3 Å². The molecule has 0 spiro atoms. The number of imidazole rings is 1. The van der Waals surface area contributed by atoms with Gasteiger partial charge in [-0.1, -0.05) is 32.4 Å². The van der Waals surface area contributed by atoms with Gasteiger partial charge in [-0.25, -0.2) is 13.8 Å². The molecule has 0 aliphatic carbocycles. The van der Waals surface area contributed by atoms with Crippen LogP contribution in [0.15, 0.2) is 36.7 Å². The number of nitrogens with zero attached hydrogens (tertiary/aromatic N) is 3. The van der Waals surface area contributed by atoms with Crippen molar-refractivity contribution < 1.29 is 31.2 Å². The third-order valence-corrected chi connectivity index (χ3v) is 13.6. The van der Waals surface area contributed by atoms with Crippen molar-refractivity contribution in [3.63, 3.8) is 0 Å². The topological polar surface area (TPSA) is 97.1 Å². The molecule has 0 radical (unpaired) electrons. The summed E-state index contributed by atoms with van der Waals surface area (Å²) in [4.78, 5) is 26.1. The minimum absolute atomic E-state index is 0.1000. The molecule has 14 heteroatoms. The van der Waals surface area contributed by atoms with Crippen molar-refractivity contribution in [2.45, 2.75) is 82.5 Å². The van der Waals surface area contributed by atoms with E-state index in [2.05, 4.69) is 15.0 Å². The van der Waals surface area contributed by atoms with Crippen LogP contribution in [0.4, 0.5) is 27.6 Å². The summed E-state index contributed by atoms with van der Waals surface area (Å²) in [5, 5.41) is -0.657. The van der Waals surface area contributed by atoms with Crippen LogP contribution >= 0.6 is 11.6 Å². The summed E-state index contributed by atoms with van der Waals surface area (Å²) < 4.78 is 79.0. The van der Waals surface area contributed by atoms with Crippen LogP contribution in [-0.4, -0.2) is 46.3 Å². The largest absolute Gasteiger partial charge is 0.419 e. The van der Waals surface area contributed by atoms with E-state index in [0.717, 1.165) is 6.20 Å². The molecule has 236 valence electrons. The van der Waals surface area contributed by atoms with Gasteiger partial charge < -0.3 is 20.0 Å². The number of halogens is 6. The summed E-state index contributed by atoms with van der Waals surface area (Å²) in [6, 6.07) is 3.32. The molecule has 1 amide bonds. The number of benzene rings is 1. The average molecular weight is 654 g/mol. The number of carbonyl (C=O) groups excluding carboxylic acids is 1. The number of fused-ring (bicyclic) bond motifs is 1. The van der Waals surface area contributed by atoms with Crippen LogP contribution in [0, 0.1) is 11.6 Å². The Labute approximate surface area is 257 Å². The first-order chi connectivity index (χ1) is 20.4. The van der Waals surface area contributed by atoms with E-state index in [0.29, 0.717) is 30.7 Å². The first-order valence-corrected chi connectivity index (χ1v) is 17.4. The van der Waals surface area contributed by atoms with E-state index in [4.69, 9.17) is 21.8 Å². The maximum absolute atomic E-state index is 15.8. The summed E-state index contributed by atoms with van der Waals surface area (Å²) in [5.41, 5.74) is 5.85. The van der Waals surface area contributed by atoms with Gasteiger partial charge in [0.05, 0.1) is 23.0 Å². The Morgan fingerprint density at radius 1 is 1.11 bits per heavy atom. The molecule has 3 aromatic rings. The van der Waals surface area contributed by atoms with E-state index in [1.807, 2.05) is 0 Å². The molecule has 7 nitrogen and oxygen atoms in total. The van der Waals surface area contributed by atoms with E-state index in [9.17, 15) is 22.4 Å². The van der Waals surface area contributed by atoms with Gasteiger partial charge in [-0.2, -0.15) is 13.2 Å². The van der Waals surface area contributed by atoms with Gasteiger partial charge in [0.1, 0.15) is 11.5 Å². The van der Waals surface area contributed by atoms with Crippen LogP contribution in [-0.2, 0) is 9.22 Å². The molecule has 1 aromatic carbocycles. The Morgan fingerprint density at radius 2 is 1.82 bits per heavy atom. The standard InChI is InChI=1S/C30H33ClF5N5O2Si/c1-29(2,3)44(4,5)43-27(30(34,35)36)26-24(32)17(10-11-38-26)20-14-39-28(40-20)21-9-6-16-12-15(13-22(42)41(16)21)23-19(37)8-7-18(31)25(23)33/h7-8,10-11,13-14,16,21,27H,6,9,12,37H2,1-5H3,(H,39,40)/t16?,21-,27?/m0/s1. The van der Waals surface area contributed by atoms with E-state index in [1.54, 1.807) is 38.8 Å². The van der Waals surface area contributed by atoms with Gasteiger partial charge in [0.25, 0.3) is 0 Å². The molecule has 2 aliphatic heterocycles. The number of alkyl halides is 3. The molecule has 1 fully saturated rings. The number of hydrogen-bond donors (Lipinski definition) is 2. The number of amides is 1. The minimum atomic E-state index is -4.90. The molecule has 0 saturated carbocycles. The molecule has 3 atom stereocenters. The lowest BCUT2D eigenvalue weighted by Crippen LogP contribution is -2.45. The average Bonchev–Trinajstić information content (AvgIpc) is 3.57. The molecule has 1 saturated heterocycles. The second-order valence-corrected chi connectivity index (χ2v) is 17.9. The fourth-order valence-electron chi connectivity index (χ4n) is 5.53. The smallest absolute Gasteiger partial charge is 0.401 e. The molecule has 44 heavy (non-hydrogen) atoms. The monoisotopic (exact) mass is 653 g/mol. The Morgan fingerprint density at radius 3 is 2.48 bits per heavy atom. The number of pyridine rings is 1. The molecule has 4 heterocycles. The molecular weight excluding hydrogens is 621 g/mol. The van der Waals surface area contributed by atoms with Gasteiger partial charge in [0.2, 0.25) is 5.91 Å². The molecule has 5 rings (SSSR count). The Hall–Kier alpha value is -3.29. The number of H-pyrrole nitrogens is 1. The second-order valence-electron chi connectivity index (χ2n) is 12.7. The molecular formula is C30H33ClF5N5O2Si. The van der Waals surface area contributed by atoms with Gasteiger partial charge in [0.15, 0.2) is 26.1 Å². The fraction of sp³-hybridized carbons (Fsp3) is 0.433. The maximum Gasteiger partial charge on any atom is 0.419 e. The normalized spacial score (nSPS) is 20.1. The highest BCUT2D eigenvalue weighted by Gasteiger charge is 2.50. The Kier molecular flexibility index (Phi) is 8.21. The lowest BCUT2D eigenvalue weighted by molar-refractivity contribution is -0.203. The van der Waals surface area contributed by atoms with E-state index >= 15 is 4.39 Å². The predicted octanol–water partition coefficient (Wildman–Crippen LogP) is 8.13. The van der Waals surface area contributed by atoms with Gasteiger partial charge in [-0.15, -0.1) is 0 Å². The van der Waals surface area contributed by atoms with Crippen molar-refractivity contribution >= 4 is 37.1 Å². The Balaban J connectivity index is 1.44. The minimum Gasteiger partial charge on any atom is -0.401 e. The molecule has 2 aliphatic rings. The SMILES string of the molecule is CC(C)(C)[Si](C)(C)OC(c1nccc(-c2cnc([C@@H]3CCC4CC(c5c(N)ccc(Cl)c5F)=CC(=O)N43)[nH]2)c1F)C(F)(F)F. The predicted molar refractivity (Wildman–Crippen MR) is 160 cm³/mol. The number of carbonyl (C=O) groups is 1. The van der Waals surface area contributed by atoms with Crippen molar-refractivity contribution in [1.82, 2.24) is 19.9 Å². The third kappa shape index (κ3) is 5.76. The first kappa shape index (κ1) is 32.1. The molecule has 3 N–H and O–H groups in total. The van der Waals surface area contributed by atoms with Crippen LogP contribution in [0.5, 0.6) is 0 Å². The van der Waals surface area contributed by atoms with Gasteiger partial charge in [-0.3, -0.25) is 9.78 Å². The van der Waals surface area contributed by atoms with E-state index in [1.165, 1.54) is 30.5 Å². The molecule has 2 aromatic heterocycles. The number of nitrogen functional groups attached to an aromatic ring is 1. The molecule has 2 unspecified atom stereocenters. The van der Waals surface area contributed by atoms with E-state index in [-0.39, 0.29) is 39.5 Å². The number of anilines is 1. The summed E-state index contributed by atoms with van der Waals surface area (Å²) in [6.45, 7) is 8.69. The zero-order chi connectivity index (χ0) is 32.4. The fourth-order valence-corrected chi connectivity index (χ4v) is 6.88.